The molecule has 0 radical (unpaired) electrons. The largest absolute Gasteiger partial charge is 0.497 e. The molecular formula is C36H46N4O2. The molecule has 6 nitrogen and oxygen atoms in total. The van der Waals surface area contributed by atoms with Crippen molar-refractivity contribution in [1.82, 2.24) is 9.88 Å². The number of amides is 1. The molecule has 0 aliphatic rings. The topological polar surface area (TPSA) is 57.7 Å². The van der Waals surface area contributed by atoms with E-state index in [-0.39, 0.29) is 11.9 Å². The molecular weight excluding hydrogens is 520 g/mol. The van der Waals surface area contributed by atoms with Crippen molar-refractivity contribution < 1.29 is 9.53 Å². The second-order valence-corrected chi connectivity index (χ2v) is 11.4. The maximum atomic E-state index is 13.8. The second kappa shape index (κ2) is 15.2. The van der Waals surface area contributed by atoms with Crippen LogP contribution in [0.1, 0.15) is 67.4 Å². The summed E-state index contributed by atoms with van der Waals surface area (Å²) in [5.74, 6) is 0.883. The van der Waals surface area contributed by atoms with E-state index < -0.39 is 0 Å². The summed E-state index contributed by atoms with van der Waals surface area (Å²) in [6, 6.07) is 24.9. The summed E-state index contributed by atoms with van der Waals surface area (Å²) >= 11 is 0. The van der Waals surface area contributed by atoms with Gasteiger partial charge in [0, 0.05) is 62.1 Å². The first-order valence-corrected chi connectivity index (χ1v) is 15.2. The van der Waals surface area contributed by atoms with E-state index >= 15 is 0 Å². The summed E-state index contributed by atoms with van der Waals surface area (Å²) in [4.78, 5) is 22.4. The Balaban J connectivity index is 1.44. The van der Waals surface area contributed by atoms with Crippen molar-refractivity contribution in [1.29, 1.82) is 0 Å². The van der Waals surface area contributed by atoms with Crippen molar-refractivity contribution in [3.05, 3.63) is 95.7 Å². The van der Waals surface area contributed by atoms with Gasteiger partial charge in [-0.05, 0) is 80.1 Å². The monoisotopic (exact) mass is 566 g/mol. The van der Waals surface area contributed by atoms with Crippen LogP contribution in [0.5, 0.6) is 5.75 Å². The Kier molecular flexibility index (Phi) is 11.2. The highest BCUT2D eigenvalue weighted by Gasteiger charge is 2.17. The van der Waals surface area contributed by atoms with Crippen LogP contribution in [-0.4, -0.2) is 49.6 Å². The smallest absolute Gasteiger partial charge is 0.254 e. The van der Waals surface area contributed by atoms with Crippen molar-refractivity contribution >= 4 is 28.2 Å². The molecule has 42 heavy (non-hydrogen) atoms. The Hall–Kier alpha value is -4.06. The molecule has 222 valence electrons. The number of pyridine rings is 1. The third-order valence-electron chi connectivity index (χ3n) is 7.76. The fourth-order valence-corrected chi connectivity index (χ4v) is 5.27. The molecule has 0 bridgehead atoms. The first-order valence-electron chi connectivity index (χ1n) is 15.2. The number of rotatable bonds is 15. The van der Waals surface area contributed by atoms with E-state index in [1.54, 1.807) is 7.11 Å². The Labute approximate surface area is 251 Å². The summed E-state index contributed by atoms with van der Waals surface area (Å²) in [5.41, 5.74) is 6.22. The third-order valence-corrected chi connectivity index (χ3v) is 7.76. The number of benzene rings is 3. The Morgan fingerprint density at radius 2 is 1.69 bits per heavy atom. The summed E-state index contributed by atoms with van der Waals surface area (Å²) in [6.45, 7) is 5.66. The Bertz CT molecular complexity index is 1420. The standard InChI is InChI=1S/C36H46N4O2/c1-6-7-8-12-28-14-18-30(19-15-28)36(41)40(26-29-16-20-32(21-17-29)39(3)4)23-10-11-27(2)38-34-25-33(42-5)24-31-13-9-22-37-35(31)34/h9,13-22,24-25,27,38H,6-8,10-12,23,26H2,1-5H3. The van der Waals surface area contributed by atoms with Crippen molar-refractivity contribution in [3.8, 4) is 5.75 Å². The van der Waals surface area contributed by atoms with E-state index in [0.29, 0.717) is 13.1 Å². The molecule has 0 saturated carbocycles. The first-order chi connectivity index (χ1) is 20.4. The number of methoxy groups -OCH3 is 1. The number of fused-ring (bicyclic) bond motifs is 1. The van der Waals surface area contributed by atoms with Crippen molar-refractivity contribution in [2.24, 2.45) is 0 Å². The number of carbonyl (C=O) groups excluding carboxylic acids is 1. The lowest BCUT2D eigenvalue weighted by atomic mass is 10.0. The van der Waals surface area contributed by atoms with Crippen LogP contribution in [0.2, 0.25) is 0 Å². The van der Waals surface area contributed by atoms with E-state index in [4.69, 9.17) is 4.74 Å². The van der Waals surface area contributed by atoms with Gasteiger partial charge in [-0.2, -0.15) is 0 Å². The number of hydrogen-bond acceptors (Lipinski definition) is 5. The zero-order chi connectivity index (χ0) is 29.9. The van der Waals surface area contributed by atoms with Crippen molar-refractivity contribution in [2.45, 2.75) is 65.0 Å². The van der Waals surface area contributed by atoms with E-state index in [2.05, 4.69) is 65.4 Å². The number of anilines is 2. The van der Waals surface area contributed by atoms with Crippen LogP contribution < -0.4 is 15.0 Å². The molecule has 3 aromatic carbocycles. The van der Waals surface area contributed by atoms with E-state index in [1.165, 1.54) is 24.8 Å². The van der Waals surface area contributed by atoms with Gasteiger partial charge in [0.2, 0.25) is 0 Å². The van der Waals surface area contributed by atoms with Gasteiger partial charge in [0.1, 0.15) is 5.75 Å². The lowest BCUT2D eigenvalue weighted by Crippen LogP contribution is -2.32. The molecule has 1 atom stereocenters. The van der Waals surface area contributed by atoms with E-state index in [1.807, 2.05) is 61.6 Å². The SMILES string of the molecule is CCCCCc1ccc(C(=O)N(CCCC(C)Nc2cc(OC)cc3cccnc23)Cc2ccc(N(C)C)cc2)cc1. The lowest BCUT2D eigenvalue weighted by Gasteiger charge is -2.25. The molecule has 0 aliphatic carbocycles. The minimum atomic E-state index is 0.0791. The molecule has 6 heteroatoms. The second-order valence-electron chi connectivity index (χ2n) is 11.4. The van der Waals surface area contributed by atoms with Gasteiger partial charge >= 0.3 is 0 Å². The van der Waals surface area contributed by atoms with E-state index in [9.17, 15) is 4.79 Å². The third kappa shape index (κ3) is 8.48. The fourth-order valence-electron chi connectivity index (χ4n) is 5.27. The van der Waals surface area contributed by atoms with Gasteiger partial charge in [-0.1, -0.05) is 50.1 Å². The summed E-state index contributed by atoms with van der Waals surface area (Å²) in [6.07, 6.45) is 8.30. The molecule has 1 aromatic heterocycles. The number of aryl methyl sites for hydroxylation is 1. The molecule has 0 spiro atoms. The molecule has 1 heterocycles. The van der Waals surface area contributed by atoms with Crippen LogP contribution in [0.3, 0.4) is 0 Å². The Morgan fingerprint density at radius 1 is 0.952 bits per heavy atom. The zero-order valence-corrected chi connectivity index (χ0v) is 25.9. The number of hydrogen-bond donors (Lipinski definition) is 1. The molecule has 4 aromatic rings. The summed E-state index contributed by atoms with van der Waals surface area (Å²) in [5, 5.41) is 4.68. The number of nitrogens with zero attached hydrogens (tertiary/aromatic N) is 3. The van der Waals surface area contributed by atoms with Gasteiger partial charge in [-0.3, -0.25) is 9.78 Å². The van der Waals surface area contributed by atoms with Crippen LogP contribution in [0.4, 0.5) is 11.4 Å². The predicted octanol–water partition coefficient (Wildman–Crippen LogP) is 7.97. The first kappa shape index (κ1) is 30.9. The number of unbranched alkanes of at least 4 members (excludes halogenated alkanes) is 2. The van der Waals surface area contributed by atoms with Gasteiger partial charge in [0.15, 0.2) is 0 Å². The van der Waals surface area contributed by atoms with Gasteiger partial charge in [-0.25, -0.2) is 0 Å². The number of nitrogens with one attached hydrogen (secondary N) is 1. The minimum Gasteiger partial charge on any atom is -0.497 e. The number of ether oxygens (including phenoxy) is 1. The fraction of sp³-hybridized carbons (Fsp3) is 0.389. The van der Waals surface area contributed by atoms with E-state index in [0.717, 1.165) is 58.4 Å². The average molecular weight is 567 g/mol. The zero-order valence-electron chi connectivity index (χ0n) is 25.9. The molecule has 1 N–H and O–H groups in total. The minimum absolute atomic E-state index is 0.0791. The highest BCUT2D eigenvalue weighted by atomic mass is 16.5. The predicted molar refractivity (Wildman–Crippen MR) is 176 cm³/mol. The number of carbonyl (C=O) groups is 1. The quantitative estimate of drug-likeness (QED) is 0.148. The maximum Gasteiger partial charge on any atom is 0.254 e. The van der Waals surface area contributed by atoms with Crippen LogP contribution >= 0.6 is 0 Å². The highest BCUT2D eigenvalue weighted by molar-refractivity contribution is 5.94. The van der Waals surface area contributed by atoms with Crippen LogP contribution in [0.25, 0.3) is 10.9 Å². The molecule has 0 aliphatic heterocycles. The van der Waals surface area contributed by atoms with Gasteiger partial charge in [0.05, 0.1) is 18.3 Å². The molecule has 0 saturated heterocycles. The lowest BCUT2D eigenvalue weighted by molar-refractivity contribution is 0.0739. The van der Waals surface area contributed by atoms with Gasteiger partial charge < -0.3 is 19.9 Å². The molecule has 1 unspecified atom stereocenters. The normalized spacial score (nSPS) is 11.7. The maximum absolute atomic E-state index is 13.8. The molecule has 0 fully saturated rings. The van der Waals surface area contributed by atoms with Crippen LogP contribution in [-0.2, 0) is 13.0 Å². The average Bonchev–Trinajstić information content (AvgIpc) is 3.01. The van der Waals surface area contributed by atoms with Crippen LogP contribution in [0, 0.1) is 0 Å². The van der Waals surface area contributed by atoms with Crippen molar-refractivity contribution in [2.75, 3.05) is 38.0 Å². The molecule has 1 amide bonds. The highest BCUT2D eigenvalue weighted by Crippen LogP contribution is 2.28. The van der Waals surface area contributed by atoms with Gasteiger partial charge in [-0.15, -0.1) is 0 Å². The summed E-state index contributed by atoms with van der Waals surface area (Å²) in [7, 11) is 5.76. The van der Waals surface area contributed by atoms with Crippen molar-refractivity contribution in [3.63, 3.8) is 0 Å². The Morgan fingerprint density at radius 3 is 2.38 bits per heavy atom. The number of aromatic nitrogens is 1. The van der Waals surface area contributed by atoms with Gasteiger partial charge in [0.25, 0.3) is 5.91 Å². The molecule has 4 rings (SSSR count). The summed E-state index contributed by atoms with van der Waals surface area (Å²) < 4.78 is 5.52. The van der Waals surface area contributed by atoms with Crippen LogP contribution in [0.15, 0.2) is 79.0 Å².